The molecule has 2 fully saturated rings. The summed E-state index contributed by atoms with van der Waals surface area (Å²) >= 11 is 0. The van der Waals surface area contributed by atoms with Gasteiger partial charge in [0.1, 0.15) is 5.75 Å². The second kappa shape index (κ2) is 8.49. The van der Waals surface area contributed by atoms with Crippen LogP contribution in [-0.4, -0.2) is 70.2 Å². The summed E-state index contributed by atoms with van der Waals surface area (Å²) in [7, 11) is -1.93. The van der Waals surface area contributed by atoms with E-state index in [0.717, 1.165) is 58.5 Å². The van der Waals surface area contributed by atoms with Gasteiger partial charge in [-0.2, -0.15) is 4.31 Å². The first kappa shape index (κ1) is 18.6. The summed E-state index contributed by atoms with van der Waals surface area (Å²) in [6, 6.07) is 6.85. The molecule has 2 aliphatic heterocycles. The van der Waals surface area contributed by atoms with Crippen LogP contribution in [0.2, 0.25) is 0 Å². The summed E-state index contributed by atoms with van der Waals surface area (Å²) in [5.74, 6) is 0.572. The van der Waals surface area contributed by atoms with Crippen LogP contribution in [0.4, 0.5) is 0 Å². The van der Waals surface area contributed by atoms with Crippen molar-refractivity contribution >= 4 is 10.0 Å². The Morgan fingerprint density at radius 3 is 2.76 bits per heavy atom. The number of benzene rings is 1. The Kier molecular flexibility index (Phi) is 6.33. The van der Waals surface area contributed by atoms with Gasteiger partial charge in [0.2, 0.25) is 10.0 Å². The van der Waals surface area contributed by atoms with Crippen LogP contribution in [0.5, 0.6) is 5.75 Å². The molecule has 0 aromatic heterocycles. The number of piperidine rings is 1. The Morgan fingerprint density at radius 2 is 2.00 bits per heavy atom. The normalized spacial score (nSPS) is 23.5. The summed E-state index contributed by atoms with van der Waals surface area (Å²) in [4.78, 5) is 2.69. The highest BCUT2D eigenvalue weighted by Crippen LogP contribution is 2.28. The molecular weight excluding hydrogens is 340 g/mol. The van der Waals surface area contributed by atoms with E-state index in [1.807, 2.05) is 0 Å². The van der Waals surface area contributed by atoms with Gasteiger partial charge in [0.15, 0.2) is 0 Å². The van der Waals surface area contributed by atoms with Crippen molar-refractivity contribution < 1.29 is 17.9 Å². The van der Waals surface area contributed by atoms with E-state index in [0.29, 0.717) is 17.2 Å². The molecule has 1 aromatic rings. The number of sulfonamides is 1. The van der Waals surface area contributed by atoms with Gasteiger partial charge in [0, 0.05) is 31.7 Å². The topological polar surface area (TPSA) is 59.1 Å². The highest BCUT2D eigenvalue weighted by molar-refractivity contribution is 7.89. The summed E-state index contributed by atoms with van der Waals surface area (Å²) < 4.78 is 38.6. The lowest BCUT2D eigenvalue weighted by Gasteiger charge is -2.36. The van der Waals surface area contributed by atoms with E-state index in [1.165, 1.54) is 0 Å². The van der Waals surface area contributed by atoms with Gasteiger partial charge >= 0.3 is 0 Å². The Labute approximate surface area is 150 Å². The monoisotopic (exact) mass is 368 g/mol. The van der Waals surface area contributed by atoms with Crippen molar-refractivity contribution in [3.05, 3.63) is 24.3 Å². The number of morpholine rings is 1. The Balaban J connectivity index is 1.72. The molecule has 2 aliphatic rings. The van der Waals surface area contributed by atoms with Crippen LogP contribution in [0.25, 0.3) is 0 Å². The molecule has 0 N–H and O–H groups in total. The lowest BCUT2D eigenvalue weighted by atomic mass is 10.0. The van der Waals surface area contributed by atoms with Crippen LogP contribution >= 0.6 is 0 Å². The Bertz CT molecular complexity index is 659. The van der Waals surface area contributed by atoms with Crippen molar-refractivity contribution in [2.24, 2.45) is 0 Å². The van der Waals surface area contributed by atoms with E-state index in [2.05, 4.69) is 4.90 Å². The lowest BCUT2D eigenvalue weighted by molar-refractivity contribution is 0.0340. The molecule has 0 spiro atoms. The molecule has 3 rings (SSSR count). The van der Waals surface area contributed by atoms with Crippen LogP contribution < -0.4 is 4.74 Å². The minimum Gasteiger partial charge on any atom is -0.497 e. The van der Waals surface area contributed by atoms with Crippen molar-refractivity contribution in [2.45, 2.75) is 36.6 Å². The molecule has 0 amide bonds. The van der Waals surface area contributed by atoms with Gasteiger partial charge in [0.05, 0.1) is 25.2 Å². The molecule has 2 heterocycles. The molecular formula is C18H28N2O4S. The molecule has 2 saturated heterocycles. The molecule has 0 radical (unpaired) electrons. The van der Waals surface area contributed by atoms with E-state index < -0.39 is 10.0 Å². The minimum atomic E-state index is -3.49. The van der Waals surface area contributed by atoms with Gasteiger partial charge in [0.25, 0.3) is 0 Å². The number of methoxy groups -OCH3 is 1. The van der Waals surface area contributed by atoms with Crippen molar-refractivity contribution in [1.29, 1.82) is 0 Å². The summed E-state index contributed by atoms with van der Waals surface area (Å²) in [5, 5.41) is 0. The number of rotatable bonds is 6. The van der Waals surface area contributed by atoms with Crippen LogP contribution in [0.15, 0.2) is 29.2 Å². The molecule has 7 heteroatoms. The maximum Gasteiger partial charge on any atom is 0.243 e. The van der Waals surface area contributed by atoms with E-state index in [-0.39, 0.29) is 6.04 Å². The van der Waals surface area contributed by atoms with Gasteiger partial charge in [-0.15, -0.1) is 0 Å². The van der Waals surface area contributed by atoms with Crippen molar-refractivity contribution in [3.63, 3.8) is 0 Å². The zero-order valence-corrected chi connectivity index (χ0v) is 15.7. The SMILES string of the molecule is COc1cccc(S(=O)(=O)N2CCCC[C@@H]2CCN2CCOCC2)c1. The zero-order valence-electron chi connectivity index (χ0n) is 14.9. The second-order valence-corrected chi connectivity index (χ2v) is 8.58. The third-order valence-electron chi connectivity index (χ3n) is 5.10. The highest BCUT2D eigenvalue weighted by Gasteiger charge is 2.33. The summed E-state index contributed by atoms with van der Waals surface area (Å²) in [6.45, 7) is 4.96. The lowest BCUT2D eigenvalue weighted by Crippen LogP contribution is -2.46. The third kappa shape index (κ3) is 4.53. The van der Waals surface area contributed by atoms with Crippen molar-refractivity contribution in [1.82, 2.24) is 9.21 Å². The number of nitrogens with zero attached hydrogens (tertiary/aromatic N) is 2. The molecule has 1 atom stereocenters. The van der Waals surface area contributed by atoms with Crippen LogP contribution in [0.1, 0.15) is 25.7 Å². The molecule has 0 unspecified atom stereocenters. The predicted octanol–water partition coefficient (Wildman–Crippen LogP) is 1.96. The van der Waals surface area contributed by atoms with Crippen LogP contribution in [0.3, 0.4) is 0 Å². The van der Waals surface area contributed by atoms with Gasteiger partial charge in [-0.1, -0.05) is 12.5 Å². The summed E-state index contributed by atoms with van der Waals surface area (Å²) in [6.07, 6.45) is 3.84. The number of ether oxygens (including phenoxy) is 2. The van der Waals surface area contributed by atoms with Gasteiger partial charge < -0.3 is 9.47 Å². The molecule has 140 valence electrons. The van der Waals surface area contributed by atoms with Crippen molar-refractivity contribution in [3.8, 4) is 5.75 Å². The second-order valence-electron chi connectivity index (χ2n) is 6.69. The molecule has 0 aliphatic carbocycles. The maximum atomic E-state index is 13.2. The van der Waals surface area contributed by atoms with E-state index in [1.54, 1.807) is 35.7 Å². The first-order valence-corrected chi connectivity index (χ1v) is 10.5. The molecule has 0 bridgehead atoms. The largest absolute Gasteiger partial charge is 0.497 e. The minimum absolute atomic E-state index is 0.0767. The van der Waals surface area contributed by atoms with E-state index >= 15 is 0 Å². The Hall–Kier alpha value is -1.15. The fraction of sp³-hybridized carbons (Fsp3) is 0.667. The smallest absolute Gasteiger partial charge is 0.243 e. The average Bonchev–Trinajstić information content (AvgIpc) is 2.67. The quantitative estimate of drug-likeness (QED) is 0.768. The van der Waals surface area contributed by atoms with Gasteiger partial charge in [-0.05, 0) is 37.9 Å². The molecule has 25 heavy (non-hydrogen) atoms. The van der Waals surface area contributed by atoms with E-state index in [4.69, 9.17) is 9.47 Å². The fourth-order valence-electron chi connectivity index (χ4n) is 3.63. The first-order valence-electron chi connectivity index (χ1n) is 9.07. The van der Waals surface area contributed by atoms with Crippen molar-refractivity contribution in [2.75, 3.05) is 46.5 Å². The average molecular weight is 368 g/mol. The van der Waals surface area contributed by atoms with Crippen LogP contribution in [-0.2, 0) is 14.8 Å². The number of hydrogen-bond donors (Lipinski definition) is 0. The predicted molar refractivity (Wildman–Crippen MR) is 96.4 cm³/mol. The van der Waals surface area contributed by atoms with Gasteiger partial charge in [-0.25, -0.2) is 8.42 Å². The third-order valence-corrected chi connectivity index (χ3v) is 7.05. The molecule has 6 nitrogen and oxygen atoms in total. The first-order chi connectivity index (χ1) is 12.1. The molecule has 1 aromatic carbocycles. The fourth-order valence-corrected chi connectivity index (χ4v) is 5.39. The van der Waals surface area contributed by atoms with Gasteiger partial charge in [-0.3, -0.25) is 4.90 Å². The molecule has 0 saturated carbocycles. The standard InChI is InChI=1S/C18H28N2O4S/c1-23-17-6-4-7-18(15-17)25(21,22)20-9-3-2-5-16(20)8-10-19-11-13-24-14-12-19/h4,6-7,15-16H,2-3,5,8-14H2,1H3/t16-/m1/s1. The zero-order chi connectivity index (χ0) is 17.7. The maximum absolute atomic E-state index is 13.2. The van der Waals surface area contributed by atoms with E-state index in [9.17, 15) is 8.42 Å². The highest BCUT2D eigenvalue weighted by atomic mass is 32.2. The Morgan fingerprint density at radius 1 is 1.20 bits per heavy atom. The number of hydrogen-bond acceptors (Lipinski definition) is 5. The van der Waals surface area contributed by atoms with Crippen LogP contribution in [0, 0.1) is 0 Å². The summed E-state index contributed by atoms with van der Waals surface area (Å²) in [5.41, 5.74) is 0.